The van der Waals surface area contributed by atoms with Crippen molar-refractivity contribution in [1.29, 1.82) is 0 Å². The molecule has 1 aromatic carbocycles. The zero-order valence-electron chi connectivity index (χ0n) is 16.6. The van der Waals surface area contributed by atoms with E-state index in [0.717, 1.165) is 26.1 Å². The Kier molecular flexibility index (Phi) is 6.07. The second-order valence-corrected chi connectivity index (χ2v) is 7.32. The molecule has 152 valence electrons. The minimum absolute atomic E-state index is 0.0473. The topological polar surface area (TPSA) is 72.5 Å². The van der Waals surface area contributed by atoms with E-state index in [1.165, 1.54) is 5.56 Å². The van der Waals surface area contributed by atoms with Gasteiger partial charge in [-0.15, -0.1) is 0 Å². The average molecular weight is 394 g/mol. The number of rotatable bonds is 6. The summed E-state index contributed by atoms with van der Waals surface area (Å²) in [6, 6.07) is 14.0. The maximum Gasteiger partial charge on any atom is 0.255 e. The van der Waals surface area contributed by atoms with E-state index in [9.17, 15) is 4.79 Å². The first kappa shape index (κ1) is 19.4. The van der Waals surface area contributed by atoms with Crippen molar-refractivity contribution >= 4 is 5.91 Å². The number of furan rings is 1. The molecule has 1 atom stereocenters. The van der Waals surface area contributed by atoms with Crippen LogP contribution < -0.4 is 5.32 Å². The Bertz CT molecular complexity index is 921. The number of aromatic nitrogens is 2. The fourth-order valence-corrected chi connectivity index (χ4v) is 3.63. The van der Waals surface area contributed by atoms with Crippen LogP contribution in [0.25, 0.3) is 11.5 Å². The van der Waals surface area contributed by atoms with Gasteiger partial charge in [-0.2, -0.15) is 5.10 Å². The lowest BCUT2D eigenvalue weighted by Gasteiger charge is -2.24. The molecule has 0 radical (unpaired) electrons. The summed E-state index contributed by atoms with van der Waals surface area (Å²) in [5.41, 5.74) is 2.33. The van der Waals surface area contributed by atoms with E-state index in [1.807, 2.05) is 6.07 Å². The summed E-state index contributed by atoms with van der Waals surface area (Å²) in [6.07, 6.45) is 4.23. The molecule has 0 saturated carbocycles. The number of amides is 1. The molecular weight excluding hydrogens is 368 g/mol. The number of hydrogen-bond acceptors (Lipinski definition) is 5. The molecule has 1 N–H and O–H groups in total. The van der Waals surface area contributed by atoms with Gasteiger partial charge in [0, 0.05) is 46.0 Å². The molecule has 0 bridgehead atoms. The van der Waals surface area contributed by atoms with Gasteiger partial charge in [0.15, 0.2) is 5.76 Å². The molecule has 7 heteroatoms. The van der Waals surface area contributed by atoms with E-state index in [2.05, 4.69) is 39.6 Å². The summed E-state index contributed by atoms with van der Waals surface area (Å²) >= 11 is 0. The standard InChI is InChI=1S/C22H26N4O3/c1-25-16-19(21(24-25)20-9-5-11-29-20)22(27)23-13-18-15-26(10-6-12-28-18)14-17-7-3-2-4-8-17/h2-5,7-9,11,16,18H,6,10,12-15H2,1H3,(H,23,27). The number of carbonyl (C=O) groups excluding carboxylic acids is 1. The summed E-state index contributed by atoms with van der Waals surface area (Å²) in [4.78, 5) is 15.2. The van der Waals surface area contributed by atoms with Gasteiger partial charge in [-0.05, 0) is 24.1 Å². The third-order valence-corrected chi connectivity index (χ3v) is 5.00. The van der Waals surface area contributed by atoms with Crippen molar-refractivity contribution in [2.45, 2.75) is 19.1 Å². The zero-order chi connectivity index (χ0) is 20.1. The first-order chi connectivity index (χ1) is 14.2. The molecule has 2 aromatic heterocycles. The van der Waals surface area contributed by atoms with Crippen LogP contribution in [0.15, 0.2) is 59.3 Å². The normalized spacial score (nSPS) is 17.8. The first-order valence-electron chi connectivity index (χ1n) is 9.92. The summed E-state index contributed by atoms with van der Waals surface area (Å²) in [7, 11) is 1.79. The van der Waals surface area contributed by atoms with E-state index in [0.29, 0.717) is 30.2 Å². The number of aryl methyl sites for hydroxylation is 1. The Morgan fingerprint density at radius 3 is 2.90 bits per heavy atom. The fourth-order valence-electron chi connectivity index (χ4n) is 3.63. The van der Waals surface area contributed by atoms with Gasteiger partial charge < -0.3 is 14.5 Å². The number of nitrogens with one attached hydrogen (secondary N) is 1. The lowest BCUT2D eigenvalue weighted by atomic mass is 10.2. The van der Waals surface area contributed by atoms with Crippen LogP contribution in [-0.2, 0) is 18.3 Å². The molecule has 1 fully saturated rings. The second kappa shape index (κ2) is 9.07. The van der Waals surface area contributed by atoms with Crippen molar-refractivity contribution in [1.82, 2.24) is 20.0 Å². The average Bonchev–Trinajstić information content (AvgIpc) is 3.33. The van der Waals surface area contributed by atoms with Crippen LogP contribution >= 0.6 is 0 Å². The van der Waals surface area contributed by atoms with Crippen LogP contribution in [0, 0.1) is 0 Å². The highest BCUT2D eigenvalue weighted by atomic mass is 16.5. The molecule has 0 aliphatic carbocycles. The Hall–Kier alpha value is -2.90. The largest absolute Gasteiger partial charge is 0.463 e. The SMILES string of the molecule is Cn1cc(C(=O)NCC2CN(Cc3ccccc3)CCCO2)c(-c2ccco2)n1. The van der Waals surface area contributed by atoms with Crippen molar-refractivity contribution in [3.63, 3.8) is 0 Å². The second-order valence-electron chi connectivity index (χ2n) is 7.32. The van der Waals surface area contributed by atoms with Crippen molar-refractivity contribution < 1.29 is 13.9 Å². The molecule has 7 nitrogen and oxygen atoms in total. The molecule has 1 aliphatic rings. The molecule has 29 heavy (non-hydrogen) atoms. The minimum Gasteiger partial charge on any atom is -0.463 e. The summed E-state index contributed by atoms with van der Waals surface area (Å²) in [6.45, 7) is 3.82. The van der Waals surface area contributed by atoms with Gasteiger partial charge in [-0.25, -0.2) is 0 Å². The monoisotopic (exact) mass is 394 g/mol. The fraction of sp³-hybridized carbons (Fsp3) is 0.364. The van der Waals surface area contributed by atoms with Gasteiger partial charge in [0.2, 0.25) is 0 Å². The molecule has 3 aromatic rings. The van der Waals surface area contributed by atoms with Crippen molar-refractivity contribution in [2.24, 2.45) is 7.05 Å². The number of hydrogen-bond donors (Lipinski definition) is 1. The maximum atomic E-state index is 12.8. The summed E-state index contributed by atoms with van der Waals surface area (Å²) in [5, 5.41) is 7.38. The molecule has 1 aliphatic heterocycles. The van der Waals surface area contributed by atoms with E-state index in [4.69, 9.17) is 9.15 Å². The molecule has 3 heterocycles. The van der Waals surface area contributed by atoms with Crippen LogP contribution in [0.5, 0.6) is 0 Å². The van der Waals surface area contributed by atoms with E-state index in [1.54, 1.807) is 36.3 Å². The van der Waals surface area contributed by atoms with Gasteiger partial charge in [-0.3, -0.25) is 14.4 Å². The zero-order valence-corrected chi connectivity index (χ0v) is 16.6. The molecular formula is C22H26N4O3. The van der Waals surface area contributed by atoms with Crippen molar-refractivity contribution in [3.8, 4) is 11.5 Å². The van der Waals surface area contributed by atoms with Gasteiger partial charge >= 0.3 is 0 Å². The quantitative estimate of drug-likeness (QED) is 0.696. The third-order valence-electron chi connectivity index (χ3n) is 5.00. The molecule has 1 amide bonds. The van der Waals surface area contributed by atoms with Crippen molar-refractivity contribution in [3.05, 3.63) is 66.1 Å². The lowest BCUT2D eigenvalue weighted by Crippen LogP contribution is -2.40. The number of nitrogens with zero attached hydrogens (tertiary/aromatic N) is 3. The molecule has 1 saturated heterocycles. The highest BCUT2D eigenvalue weighted by Gasteiger charge is 2.22. The van der Waals surface area contributed by atoms with Gasteiger partial charge in [-0.1, -0.05) is 30.3 Å². The number of benzene rings is 1. The van der Waals surface area contributed by atoms with Crippen LogP contribution in [-0.4, -0.2) is 52.9 Å². The van der Waals surface area contributed by atoms with Crippen molar-refractivity contribution in [2.75, 3.05) is 26.2 Å². The van der Waals surface area contributed by atoms with Crippen LogP contribution in [0.1, 0.15) is 22.3 Å². The molecule has 1 unspecified atom stereocenters. The highest BCUT2D eigenvalue weighted by molar-refractivity contribution is 5.99. The van der Waals surface area contributed by atoms with Gasteiger partial charge in [0.05, 0.1) is 17.9 Å². The third kappa shape index (κ3) is 4.93. The summed E-state index contributed by atoms with van der Waals surface area (Å²) < 4.78 is 13.0. The Labute approximate surface area is 170 Å². The Morgan fingerprint density at radius 2 is 2.10 bits per heavy atom. The highest BCUT2D eigenvalue weighted by Crippen LogP contribution is 2.22. The Morgan fingerprint density at radius 1 is 1.24 bits per heavy atom. The summed E-state index contributed by atoms with van der Waals surface area (Å²) in [5.74, 6) is 0.405. The van der Waals surface area contributed by atoms with Gasteiger partial charge in [0.1, 0.15) is 5.69 Å². The molecule has 0 spiro atoms. The van der Waals surface area contributed by atoms with E-state index >= 15 is 0 Å². The molecule has 4 rings (SSSR count). The first-order valence-corrected chi connectivity index (χ1v) is 9.92. The number of carbonyl (C=O) groups is 1. The number of ether oxygens (including phenoxy) is 1. The van der Waals surface area contributed by atoms with Crippen LogP contribution in [0.3, 0.4) is 0 Å². The predicted molar refractivity (Wildman–Crippen MR) is 109 cm³/mol. The lowest BCUT2D eigenvalue weighted by molar-refractivity contribution is 0.0511. The minimum atomic E-state index is -0.174. The van der Waals surface area contributed by atoms with E-state index < -0.39 is 0 Å². The maximum absolute atomic E-state index is 12.8. The Balaban J connectivity index is 1.37. The smallest absolute Gasteiger partial charge is 0.255 e. The van der Waals surface area contributed by atoms with Gasteiger partial charge in [0.25, 0.3) is 5.91 Å². The van der Waals surface area contributed by atoms with Crippen LogP contribution in [0.4, 0.5) is 0 Å². The predicted octanol–water partition coefficient (Wildman–Crippen LogP) is 2.70. The van der Waals surface area contributed by atoms with E-state index in [-0.39, 0.29) is 12.0 Å². The van der Waals surface area contributed by atoms with Crippen LogP contribution in [0.2, 0.25) is 0 Å².